The first-order valence-corrected chi connectivity index (χ1v) is 6.59. The first kappa shape index (κ1) is 13.9. The van der Waals surface area contributed by atoms with Crippen LogP contribution in [0.4, 0.5) is 10.1 Å². The van der Waals surface area contributed by atoms with Crippen molar-refractivity contribution in [3.63, 3.8) is 0 Å². The van der Waals surface area contributed by atoms with Gasteiger partial charge in [-0.05, 0) is 38.1 Å². The Morgan fingerprint density at radius 1 is 1.32 bits per heavy atom. The van der Waals surface area contributed by atoms with Gasteiger partial charge in [0.05, 0.1) is 5.69 Å². The van der Waals surface area contributed by atoms with E-state index >= 15 is 0 Å². The molecule has 0 aliphatic heterocycles. The molecule has 0 radical (unpaired) electrons. The van der Waals surface area contributed by atoms with E-state index in [9.17, 15) is 4.39 Å². The van der Waals surface area contributed by atoms with Crippen molar-refractivity contribution in [2.75, 3.05) is 11.4 Å². The van der Waals surface area contributed by atoms with E-state index in [1.54, 1.807) is 16.8 Å². The average Bonchev–Trinajstić information content (AvgIpc) is 2.63. The number of aryl methyl sites for hydroxylation is 2. The molecular formula is C14H17ClFN3. The zero-order valence-corrected chi connectivity index (χ0v) is 12.1. The second kappa shape index (κ2) is 5.61. The third-order valence-corrected chi connectivity index (χ3v) is 3.67. The van der Waals surface area contributed by atoms with Gasteiger partial charge in [-0.1, -0.05) is 11.6 Å². The van der Waals surface area contributed by atoms with E-state index in [-0.39, 0.29) is 5.82 Å². The molecule has 0 spiro atoms. The molecule has 0 unspecified atom stereocenters. The van der Waals surface area contributed by atoms with E-state index in [0.29, 0.717) is 11.7 Å². The first-order chi connectivity index (χ1) is 9.02. The van der Waals surface area contributed by atoms with Crippen LogP contribution in [-0.2, 0) is 13.6 Å². The largest absolute Gasteiger partial charge is 0.367 e. The molecular weight excluding hydrogens is 265 g/mol. The summed E-state index contributed by atoms with van der Waals surface area (Å²) in [6.45, 7) is 5.49. The van der Waals surface area contributed by atoms with Gasteiger partial charge < -0.3 is 4.90 Å². The zero-order valence-electron chi connectivity index (χ0n) is 11.3. The third kappa shape index (κ3) is 2.89. The molecule has 0 fully saturated rings. The molecule has 0 atom stereocenters. The van der Waals surface area contributed by atoms with Crippen LogP contribution in [0.1, 0.15) is 18.2 Å². The van der Waals surface area contributed by atoms with Crippen molar-refractivity contribution in [3.05, 3.63) is 46.5 Å². The molecule has 5 heteroatoms. The number of nitrogens with zero attached hydrogens (tertiary/aromatic N) is 3. The number of rotatable bonds is 4. The maximum Gasteiger partial charge on any atom is 0.131 e. The second-order valence-electron chi connectivity index (χ2n) is 4.47. The summed E-state index contributed by atoms with van der Waals surface area (Å²) in [4.78, 5) is 2.13. The Morgan fingerprint density at radius 2 is 1.95 bits per heavy atom. The predicted octanol–water partition coefficient (Wildman–Crippen LogP) is 3.55. The summed E-state index contributed by atoms with van der Waals surface area (Å²) in [5.41, 5.74) is 2.91. The molecule has 102 valence electrons. The molecule has 0 bridgehead atoms. The van der Waals surface area contributed by atoms with Gasteiger partial charge in [-0.15, -0.1) is 0 Å². The van der Waals surface area contributed by atoms with Gasteiger partial charge in [-0.2, -0.15) is 5.10 Å². The Balaban J connectivity index is 2.26. The van der Waals surface area contributed by atoms with Crippen molar-refractivity contribution in [1.29, 1.82) is 0 Å². The van der Waals surface area contributed by atoms with Gasteiger partial charge in [-0.3, -0.25) is 4.68 Å². The SMILES string of the molecule is CCN(Cc1c(C)nn(C)c1Cl)c1ccc(F)cc1. The van der Waals surface area contributed by atoms with Gasteiger partial charge >= 0.3 is 0 Å². The summed E-state index contributed by atoms with van der Waals surface area (Å²) in [5.74, 6) is -0.226. The summed E-state index contributed by atoms with van der Waals surface area (Å²) >= 11 is 6.24. The van der Waals surface area contributed by atoms with Gasteiger partial charge in [0, 0.05) is 31.4 Å². The molecule has 0 saturated carbocycles. The smallest absolute Gasteiger partial charge is 0.131 e. The lowest BCUT2D eigenvalue weighted by molar-refractivity contribution is 0.627. The van der Waals surface area contributed by atoms with Crippen molar-refractivity contribution in [1.82, 2.24) is 9.78 Å². The lowest BCUT2D eigenvalue weighted by Crippen LogP contribution is -2.22. The van der Waals surface area contributed by atoms with Crippen LogP contribution in [0, 0.1) is 12.7 Å². The van der Waals surface area contributed by atoms with Crippen LogP contribution in [0.3, 0.4) is 0 Å². The number of hydrogen-bond acceptors (Lipinski definition) is 2. The van der Waals surface area contributed by atoms with Gasteiger partial charge in [0.15, 0.2) is 0 Å². The van der Waals surface area contributed by atoms with Crippen LogP contribution in [0.5, 0.6) is 0 Å². The van der Waals surface area contributed by atoms with Crippen LogP contribution in [0.2, 0.25) is 5.15 Å². The van der Waals surface area contributed by atoms with Crippen LogP contribution in [0.15, 0.2) is 24.3 Å². The predicted molar refractivity (Wildman–Crippen MR) is 76.1 cm³/mol. The topological polar surface area (TPSA) is 21.1 Å². The van der Waals surface area contributed by atoms with Crippen LogP contribution in [0.25, 0.3) is 0 Å². The summed E-state index contributed by atoms with van der Waals surface area (Å²) < 4.78 is 14.6. The van der Waals surface area contributed by atoms with E-state index in [2.05, 4.69) is 16.9 Å². The quantitative estimate of drug-likeness (QED) is 0.855. The van der Waals surface area contributed by atoms with Crippen molar-refractivity contribution < 1.29 is 4.39 Å². The lowest BCUT2D eigenvalue weighted by atomic mass is 10.2. The monoisotopic (exact) mass is 281 g/mol. The minimum Gasteiger partial charge on any atom is -0.367 e. The zero-order chi connectivity index (χ0) is 14.0. The number of benzene rings is 1. The molecule has 0 saturated heterocycles. The molecule has 2 aromatic rings. The van der Waals surface area contributed by atoms with Gasteiger partial charge in [0.1, 0.15) is 11.0 Å². The highest BCUT2D eigenvalue weighted by Gasteiger charge is 2.14. The van der Waals surface area contributed by atoms with E-state index in [4.69, 9.17) is 11.6 Å². The summed E-state index contributed by atoms with van der Waals surface area (Å²) in [6, 6.07) is 6.49. The maximum absolute atomic E-state index is 13.0. The third-order valence-electron chi connectivity index (χ3n) is 3.19. The molecule has 1 aromatic carbocycles. The molecule has 1 heterocycles. The second-order valence-corrected chi connectivity index (χ2v) is 4.83. The fourth-order valence-electron chi connectivity index (χ4n) is 2.08. The molecule has 0 N–H and O–H groups in total. The van der Waals surface area contributed by atoms with Crippen molar-refractivity contribution in [2.24, 2.45) is 7.05 Å². The van der Waals surface area contributed by atoms with Crippen molar-refractivity contribution in [2.45, 2.75) is 20.4 Å². The summed E-state index contributed by atoms with van der Waals surface area (Å²) in [5, 5.41) is 4.95. The average molecular weight is 282 g/mol. The molecule has 19 heavy (non-hydrogen) atoms. The van der Waals surface area contributed by atoms with E-state index in [1.807, 2.05) is 14.0 Å². The minimum atomic E-state index is -0.226. The highest BCUT2D eigenvalue weighted by Crippen LogP contribution is 2.24. The maximum atomic E-state index is 13.0. The van der Waals surface area contributed by atoms with Gasteiger partial charge in [0.25, 0.3) is 0 Å². The highest BCUT2D eigenvalue weighted by atomic mass is 35.5. The number of hydrogen-bond donors (Lipinski definition) is 0. The Bertz CT molecular complexity index is 563. The fraction of sp³-hybridized carbons (Fsp3) is 0.357. The molecule has 2 rings (SSSR count). The van der Waals surface area contributed by atoms with Gasteiger partial charge in [0.2, 0.25) is 0 Å². The van der Waals surface area contributed by atoms with Crippen LogP contribution in [-0.4, -0.2) is 16.3 Å². The van der Waals surface area contributed by atoms with Crippen LogP contribution < -0.4 is 4.90 Å². The molecule has 0 aliphatic rings. The summed E-state index contributed by atoms with van der Waals surface area (Å²) in [7, 11) is 1.83. The Hall–Kier alpha value is -1.55. The Morgan fingerprint density at radius 3 is 2.42 bits per heavy atom. The van der Waals surface area contributed by atoms with E-state index in [1.165, 1.54) is 12.1 Å². The van der Waals surface area contributed by atoms with E-state index in [0.717, 1.165) is 23.5 Å². The molecule has 3 nitrogen and oxygen atoms in total. The van der Waals surface area contributed by atoms with Gasteiger partial charge in [-0.25, -0.2) is 4.39 Å². The molecule has 0 amide bonds. The van der Waals surface area contributed by atoms with E-state index < -0.39 is 0 Å². The number of aromatic nitrogens is 2. The first-order valence-electron chi connectivity index (χ1n) is 6.21. The fourth-order valence-corrected chi connectivity index (χ4v) is 2.32. The van der Waals surface area contributed by atoms with Crippen molar-refractivity contribution in [3.8, 4) is 0 Å². The Labute approximate surface area is 117 Å². The van der Waals surface area contributed by atoms with Crippen molar-refractivity contribution >= 4 is 17.3 Å². The Kier molecular flexibility index (Phi) is 4.10. The normalized spacial score (nSPS) is 10.8. The number of halogens is 2. The molecule has 1 aromatic heterocycles. The summed E-state index contributed by atoms with van der Waals surface area (Å²) in [6.07, 6.45) is 0. The minimum absolute atomic E-state index is 0.226. The number of anilines is 1. The lowest BCUT2D eigenvalue weighted by Gasteiger charge is -2.23. The highest BCUT2D eigenvalue weighted by molar-refractivity contribution is 6.30. The van der Waals surface area contributed by atoms with Crippen LogP contribution >= 0.6 is 11.6 Å². The molecule has 0 aliphatic carbocycles. The standard InChI is InChI=1S/C14H17ClFN3/c1-4-19(12-7-5-11(16)6-8-12)9-13-10(2)17-18(3)14(13)15/h5-8H,4,9H2,1-3H3.